The van der Waals surface area contributed by atoms with Crippen LogP contribution in [-0.2, 0) is 0 Å². The molecule has 0 bridgehead atoms. The molecular formula is C8H5BrF3N3O4. The SMILES string of the molecule is O=[N+]([O-])c1cc(Br)c(NCC(F)(F)F)c([N+](=O)[O-])c1. The van der Waals surface area contributed by atoms with E-state index in [1.165, 1.54) is 0 Å². The molecule has 0 aromatic heterocycles. The molecule has 0 heterocycles. The molecule has 0 saturated carbocycles. The number of nitrogens with zero attached hydrogens (tertiary/aromatic N) is 2. The lowest BCUT2D eigenvalue weighted by Crippen LogP contribution is -2.22. The molecule has 0 fully saturated rings. The number of halogens is 4. The number of nitro benzene ring substituents is 2. The molecule has 104 valence electrons. The van der Waals surface area contributed by atoms with Crippen LogP contribution in [0.4, 0.5) is 30.2 Å². The molecule has 7 nitrogen and oxygen atoms in total. The van der Waals surface area contributed by atoms with Crippen molar-refractivity contribution >= 4 is 33.0 Å². The van der Waals surface area contributed by atoms with Crippen LogP contribution in [0.15, 0.2) is 16.6 Å². The average Bonchev–Trinajstić information content (AvgIpc) is 2.24. The Morgan fingerprint density at radius 1 is 1.21 bits per heavy atom. The minimum absolute atomic E-state index is 0.197. The van der Waals surface area contributed by atoms with Gasteiger partial charge in [-0.25, -0.2) is 0 Å². The Labute approximate surface area is 111 Å². The summed E-state index contributed by atoms with van der Waals surface area (Å²) in [7, 11) is 0. The van der Waals surface area contributed by atoms with E-state index in [4.69, 9.17) is 0 Å². The van der Waals surface area contributed by atoms with Crippen molar-refractivity contribution in [1.82, 2.24) is 0 Å². The summed E-state index contributed by atoms with van der Waals surface area (Å²) in [6.45, 7) is -1.50. The lowest BCUT2D eigenvalue weighted by atomic mass is 10.2. The van der Waals surface area contributed by atoms with Crippen molar-refractivity contribution in [1.29, 1.82) is 0 Å². The number of nitrogens with one attached hydrogen (secondary N) is 1. The highest BCUT2D eigenvalue weighted by Crippen LogP contribution is 2.37. The number of hydrogen-bond acceptors (Lipinski definition) is 5. The van der Waals surface area contributed by atoms with Crippen LogP contribution in [-0.4, -0.2) is 22.6 Å². The molecule has 11 heteroatoms. The molecule has 1 N–H and O–H groups in total. The van der Waals surface area contributed by atoms with E-state index in [-0.39, 0.29) is 4.47 Å². The van der Waals surface area contributed by atoms with Crippen LogP contribution in [0.1, 0.15) is 0 Å². The summed E-state index contributed by atoms with van der Waals surface area (Å²) < 4.78 is 36.0. The van der Waals surface area contributed by atoms with E-state index in [1.807, 2.05) is 5.32 Å². The molecule has 0 atom stereocenters. The van der Waals surface area contributed by atoms with Crippen molar-refractivity contribution in [2.75, 3.05) is 11.9 Å². The maximum atomic E-state index is 12.1. The fourth-order valence-electron chi connectivity index (χ4n) is 1.19. The highest BCUT2D eigenvalue weighted by molar-refractivity contribution is 9.10. The van der Waals surface area contributed by atoms with Crippen molar-refractivity contribution in [3.8, 4) is 0 Å². The van der Waals surface area contributed by atoms with Gasteiger partial charge in [-0.15, -0.1) is 0 Å². The number of non-ortho nitro benzene ring substituents is 1. The number of rotatable bonds is 4. The van der Waals surface area contributed by atoms with Crippen molar-refractivity contribution in [3.63, 3.8) is 0 Å². The lowest BCUT2D eigenvalue weighted by molar-refractivity contribution is -0.393. The number of benzene rings is 1. The second-order valence-corrected chi connectivity index (χ2v) is 4.16. The Kier molecular flexibility index (Phi) is 4.29. The van der Waals surface area contributed by atoms with Gasteiger partial charge in [0, 0.05) is 6.07 Å². The van der Waals surface area contributed by atoms with Crippen molar-refractivity contribution < 1.29 is 23.0 Å². The molecule has 0 aliphatic rings. The first-order chi connectivity index (χ1) is 8.61. The van der Waals surface area contributed by atoms with Gasteiger partial charge in [0.15, 0.2) is 0 Å². The van der Waals surface area contributed by atoms with E-state index in [9.17, 15) is 33.4 Å². The summed E-state index contributed by atoms with van der Waals surface area (Å²) >= 11 is 2.76. The van der Waals surface area contributed by atoms with Crippen LogP contribution < -0.4 is 5.32 Å². The van der Waals surface area contributed by atoms with Crippen LogP contribution >= 0.6 is 15.9 Å². The highest BCUT2D eigenvalue weighted by atomic mass is 79.9. The third-order valence-electron chi connectivity index (χ3n) is 1.93. The topological polar surface area (TPSA) is 98.3 Å². The third kappa shape index (κ3) is 4.05. The number of nitro groups is 2. The molecule has 0 unspecified atom stereocenters. The van der Waals surface area contributed by atoms with Gasteiger partial charge in [0.25, 0.3) is 11.4 Å². The van der Waals surface area contributed by atoms with E-state index in [0.29, 0.717) is 6.07 Å². The first-order valence-electron chi connectivity index (χ1n) is 4.55. The Morgan fingerprint density at radius 3 is 2.21 bits per heavy atom. The maximum Gasteiger partial charge on any atom is 0.405 e. The first-order valence-corrected chi connectivity index (χ1v) is 5.34. The summed E-state index contributed by atoms with van der Waals surface area (Å²) in [6, 6.07) is 1.47. The molecule has 1 aromatic carbocycles. The Balaban J connectivity index is 3.23. The van der Waals surface area contributed by atoms with Gasteiger partial charge in [0.05, 0.1) is 20.4 Å². The van der Waals surface area contributed by atoms with Gasteiger partial charge in [-0.05, 0) is 15.9 Å². The molecule has 1 aromatic rings. The molecule has 0 amide bonds. The third-order valence-corrected chi connectivity index (χ3v) is 2.55. The fraction of sp³-hybridized carbons (Fsp3) is 0.250. The predicted molar refractivity (Wildman–Crippen MR) is 62.0 cm³/mol. The van der Waals surface area contributed by atoms with Crippen LogP contribution in [0.5, 0.6) is 0 Å². The maximum absolute atomic E-state index is 12.1. The van der Waals surface area contributed by atoms with E-state index in [0.717, 1.165) is 6.07 Å². The molecular weight excluding hydrogens is 339 g/mol. The Bertz CT molecular complexity index is 535. The van der Waals surface area contributed by atoms with Gasteiger partial charge in [0.2, 0.25) is 0 Å². The first kappa shape index (κ1) is 15.1. The van der Waals surface area contributed by atoms with Gasteiger partial charge >= 0.3 is 6.18 Å². The van der Waals surface area contributed by atoms with E-state index >= 15 is 0 Å². The standard InChI is InChI=1S/C8H5BrF3N3O4/c9-5-1-4(14(16)17)2-6(15(18)19)7(5)13-3-8(10,11)12/h1-2,13H,3H2. The summed E-state index contributed by atoms with van der Waals surface area (Å²) in [6.07, 6.45) is -4.57. The van der Waals surface area contributed by atoms with Gasteiger partial charge in [-0.1, -0.05) is 0 Å². The monoisotopic (exact) mass is 343 g/mol. The lowest BCUT2D eigenvalue weighted by Gasteiger charge is -2.11. The average molecular weight is 344 g/mol. The normalized spacial score (nSPS) is 11.2. The quantitative estimate of drug-likeness (QED) is 0.668. The fourth-order valence-corrected chi connectivity index (χ4v) is 1.77. The van der Waals surface area contributed by atoms with Crippen LogP contribution in [0, 0.1) is 20.2 Å². The zero-order valence-electron chi connectivity index (χ0n) is 8.90. The second kappa shape index (κ2) is 5.38. The minimum Gasteiger partial charge on any atom is -0.370 e. The van der Waals surface area contributed by atoms with Crippen LogP contribution in [0.25, 0.3) is 0 Å². The van der Waals surface area contributed by atoms with Gasteiger partial charge < -0.3 is 5.32 Å². The summed E-state index contributed by atoms with van der Waals surface area (Å²) in [4.78, 5) is 19.3. The molecule has 0 radical (unpaired) electrons. The zero-order valence-corrected chi connectivity index (χ0v) is 10.5. The number of alkyl halides is 3. The molecule has 19 heavy (non-hydrogen) atoms. The summed E-state index contributed by atoms with van der Waals surface area (Å²) in [5, 5.41) is 23.1. The molecule has 0 spiro atoms. The minimum atomic E-state index is -4.57. The summed E-state index contributed by atoms with van der Waals surface area (Å²) in [5.41, 5.74) is -1.88. The zero-order chi connectivity index (χ0) is 14.8. The van der Waals surface area contributed by atoms with Gasteiger partial charge in [-0.2, -0.15) is 13.2 Å². The largest absolute Gasteiger partial charge is 0.405 e. The highest BCUT2D eigenvalue weighted by Gasteiger charge is 2.30. The Morgan fingerprint density at radius 2 is 1.79 bits per heavy atom. The van der Waals surface area contributed by atoms with Gasteiger partial charge in [0.1, 0.15) is 12.2 Å². The number of anilines is 1. The van der Waals surface area contributed by atoms with E-state index in [2.05, 4.69) is 15.9 Å². The predicted octanol–water partition coefficient (Wildman–Crippen LogP) is 3.24. The van der Waals surface area contributed by atoms with Crippen molar-refractivity contribution in [3.05, 3.63) is 36.8 Å². The number of hydrogen-bond donors (Lipinski definition) is 1. The van der Waals surface area contributed by atoms with E-state index < -0.39 is 39.6 Å². The van der Waals surface area contributed by atoms with Crippen molar-refractivity contribution in [2.24, 2.45) is 0 Å². The van der Waals surface area contributed by atoms with Crippen molar-refractivity contribution in [2.45, 2.75) is 6.18 Å². The smallest absolute Gasteiger partial charge is 0.370 e. The van der Waals surface area contributed by atoms with E-state index in [1.54, 1.807) is 0 Å². The second-order valence-electron chi connectivity index (χ2n) is 3.30. The van der Waals surface area contributed by atoms with Crippen LogP contribution in [0.3, 0.4) is 0 Å². The molecule has 0 aliphatic carbocycles. The van der Waals surface area contributed by atoms with Crippen LogP contribution in [0.2, 0.25) is 0 Å². The summed E-state index contributed by atoms with van der Waals surface area (Å²) in [5.74, 6) is 0. The Hall–Kier alpha value is -1.91. The molecule has 1 rings (SSSR count). The van der Waals surface area contributed by atoms with Gasteiger partial charge in [-0.3, -0.25) is 20.2 Å². The molecule has 0 saturated heterocycles. The molecule has 0 aliphatic heterocycles.